The molecule has 8 heteroatoms. The largest absolute Gasteiger partial charge is 0.497 e. The molecule has 0 aliphatic heterocycles. The molecule has 0 spiro atoms. The first-order chi connectivity index (χ1) is 15.1. The molecule has 0 radical (unpaired) electrons. The zero-order valence-corrected chi connectivity index (χ0v) is 17.7. The molecule has 0 atom stereocenters. The number of aromatic nitrogens is 5. The van der Waals surface area contributed by atoms with Gasteiger partial charge in [-0.1, -0.05) is 36.7 Å². The Hall–Kier alpha value is -3.71. The number of ether oxygens (including phenoxy) is 1. The van der Waals surface area contributed by atoms with Crippen LogP contribution in [0.5, 0.6) is 5.75 Å². The maximum absolute atomic E-state index is 13.2. The molecule has 5 aromatic rings. The number of benzene rings is 2. The minimum atomic E-state index is -0.280. The molecular formula is C23H18ClN5O2. The van der Waals surface area contributed by atoms with Gasteiger partial charge in [-0.3, -0.25) is 9.36 Å². The third-order valence-electron chi connectivity index (χ3n) is 5.23. The number of rotatable bonds is 4. The fourth-order valence-corrected chi connectivity index (χ4v) is 3.93. The molecule has 0 aliphatic rings. The SMILES string of the molecule is CCc1nn2c(nnc3c(=O)n(-c4cccc(OC)c4)ccc32)c1-c1cccc(Cl)c1. The summed E-state index contributed by atoms with van der Waals surface area (Å²) in [4.78, 5) is 13.2. The lowest BCUT2D eigenvalue weighted by Crippen LogP contribution is -2.20. The van der Waals surface area contributed by atoms with E-state index >= 15 is 0 Å². The van der Waals surface area contributed by atoms with Gasteiger partial charge in [0.15, 0.2) is 11.2 Å². The van der Waals surface area contributed by atoms with Crippen LogP contribution in [0, 0.1) is 0 Å². The van der Waals surface area contributed by atoms with E-state index in [4.69, 9.17) is 21.4 Å². The van der Waals surface area contributed by atoms with Crippen LogP contribution in [0.2, 0.25) is 5.02 Å². The molecule has 0 bridgehead atoms. The van der Waals surface area contributed by atoms with Crippen molar-refractivity contribution < 1.29 is 4.74 Å². The molecule has 0 N–H and O–H groups in total. The monoisotopic (exact) mass is 431 g/mol. The molecule has 0 aliphatic carbocycles. The van der Waals surface area contributed by atoms with E-state index in [0.717, 1.165) is 16.8 Å². The highest BCUT2D eigenvalue weighted by molar-refractivity contribution is 6.30. The summed E-state index contributed by atoms with van der Waals surface area (Å²) in [6, 6.07) is 16.7. The predicted octanol–water partition coefficient (Wildman–Crippen LogP) is 4.32. The molecule has 154 valence electrons. The maximum Gasteiger partial charge on any atom is 0.285 e. The van der Waals surface area contributed by atoms with Gasteiger partial charge < -0.3 is 4.74 Å². The summed E-state index contributed by atoms with van der Waals surface area (Å²) >= 11 is 6.21. The van der Waals surface area contributed by atoms with Crippen molar-refractivity contribution in [2.75, 3.05) is 7.11 Å². The molecule has 0 amide bonds. The number of halogens is 1. The zero-order valence-electron chi connectivity index (χ0n) is 16.9. The molecule has 3 heterocycles. The van der Waals surface area contributed by atoms with Gasteiger partial charge in [0, 0.05) is 17.3 Å². The first-order valence-electron chi connectivity index (χ1n) is 9.80. The number of fused-ring (bicyclic) bond motifs is 3. The van der Waals surface area contributed by atoms with Crippen LogP contribution in [0.1, 0.15) is 12.6 Å². The zero-order chi connectivity index (χ0) is 21.5. The molecule has 7 nitrogen and oxygen atoms in total. The van der Waals surface area contributed by atoms with Gasteiger partial charge in [-0.25, -0.2) is 4.52 Å². The number of methoxy groups -OCH3 is 1. The van der Waals surface area contributed by atoms with Crippen LogP contribution in [-0.2, 0) is 6.42 Å². The highest BCUT2D eigenvalue weighted by atomic mass is 35.5. The number of hydrogen-bond donors (Lipinski definition) is 0. The first kappa shape index (κ1) is 19.3. The van der Waals surface area contributed by atoms with E-state index in [1.165, 1.54) is 4.57 Å². The van der Waals surface area contributed by atoms with Crippen molar-refractivity contribution in [2.45, 2.75) is 13.3 Å². The Labute approximate surface area is 182 Å². The van der Waals surface area contributed by atoms with Crippen LogP contribution in [-0.4, -0.2) is 31.5 Å². The summed E-state index contributed by atoms with van der Waals surface area (Å²) in [6.07, 6.45) is 2.42. The van der Waals surface area contributed by atoms with E-state index in [9.17, 15) is 4.79 Å². The summed E-state index contributed by atoms with van der Waals surface area (Å²) in [6.45, 7) is 2.03. The van der Waals surface area contributed by atoms with Crippen molar-refractivity contribution in [3.63, 3.8) is 0 Å². The van der Waals surface area contributed by atoms with Crippen molar-refractivity contribution in [1.29, 1.82) is 0 Å². The Bertz CT molecular complexity index is 1510. The van der Waals surface area contributed by atoms with E-state index < -0.39 is 0 Å². The fourth-order valence-electron chi connectivity index (χ4n) is 3.74. The van der Waals surface area contributed by atoms with Gasteiger partial charge >= 0.3 is 0 Å². The smallest absolute Gasteiger partial charge is 0.285 e. The minimum absolute atomic E-state index is 0.237. The van der Waals surface area contributed by atoms with Crippen molar-refractivity contribution >= 4 is 28.3 Å². The highest BCUT2D eigenvalue weighted by Gasteiger charge is 2.19. The Balaban J connectivity index is 1.76. The van der Waals surface area contributed by atoms with E-state index in [0.29, 0.717) is 34.0 Å². The van der Waals surface area contributed by atoms with E-state index in [1.807, 2.05) is 55.5 Å². The number of hydrogen-bond acceptors (Lipinski definition) is 5. The molecule has 0 unspecified atom stereocenters. The van der Waals surface area contributed by atoms with Crippen molar-refractivity contribution in [3.05, 3.63) is 81.9 Å². The van der Waals surface area contributed by atoms with Gasteiger partial charge in [0.25, 0.3) is 5.56 Å². The summed E-state index contributed by atoms with van der Waals surface area (Å²) < 4.78 is 8.48. The van der Waals surface area contributed by atoms with Crippen LogP contribution in [0.15, 0.2) is 65.6 Å². The van der Waals surface area contributed by atoms with Crippen LogP contribution in [0.3, 0.4) is 0 Å². The Kier molecular flexibility index (Phi) is 4.67. The normalized spacial score (nSPS) is 11.3. The van der Waals surface area contributed by atoms with Crippen LogP contribution >= 0.6 is 11.6 Å². The van der Waals surface area contributed by atoms with Gasteiger partial charge in [0.2, 0.25) is 0 Å². The number of pyridine rings is 1. The summed E-state index contributed by atoms with van der Waals surface area (Å²) in [5.74, 6) is 0.664. The number of nitrogens with zero attached hydrogens (tertiary/aromatic N) is 5. The topological polar surface area (TPSA) is 74.3 Å². The van der Waals surface area contributed by atoms with E-state index in [2.05, 4.69) is 10.2 Å². The molecule has 5 rings (SSSR count). The fraction of sp³-hybridized carbons (Fsp3) is 0.130. The van der Waals surface area contributed by atoms with Gasteiger partial charge in [0.05, 0.1) is 24.1 Å². The second-order valence-electron chi connectivity index (χ2n) is 7.05. The Morgan fingerprint density at radius 3 is 2.68 bits per heavy atom. The number of aryl methyl sites for hydroxylation is 1. The maximum atomic E-state index is 13.2. The van der Waals surface area contributed by atoms with Crippen LogP contribution in [0.25, 0.3) is 33.5 Å². The van der Waals surface area contributed by atoms with Crippen molar-refractivity contribution in [3.8, 4) is 22.6 Å². The van der Waals surface area contributed by atoms with Crippen molar-refractivity contribution in [1.82, 2.24) is 24.4 Å². The lowest BCUT2D eigenvalue weighted by Gasteiger charge is -2.09. The molecule has 3 aromatic heterocycles. The molecular weight excluding hydrogens is 414 g/mol. The van der Waals surface area contributed by atoms with Crippen LogP contribution in [0.4, 0.5) is 0 Å². The standard InChI is InChI=1S/C23H18ClN5O2/c1-3-18-20(14-6-4-7-15(24)12-14)22-26-25-21-19(29(22)27-18)10-11-28(23(21)30)16-8-5-9-17(13-16)31-2/h4-13H,3H2,1-2H3. The Morgan fingerprint density at radius 1 is 1.06 bits per heavy atom. The quantitative estimate of drug-likeness (QED) is 0.423. The summed E-state index contributed by atoms with van der Waals surface area (Å²) in [5.41, 5.74) is 4.47. The Morgan fingerprint density at radius 2 is 1.90 bits per heavy atom. The van der Waals surface area contributed by atoms with Gasteiger partial charge in [-0.2, -0.15) is 5.10 Å². The van der Waals surface area contributed by atoms with Crippen molar-refractivity contribution in [2.24, 2.45) is 0 Å². The van der Waals surface area contributed by atoms with E-state index in [1.54, 1.807) is 23.9 Å². The van der Waals surface area contributed by atoms with E-state index in [-0.39, 0.29) is 11.1 Å². The van der Waals surface area contributed by atoms with Crippen LogP contribution < -0.4 is 10.3 Å². The van der Waals surface area contributed by atoms with Gasteiger partial charge in [-0.05, 0) is 42.3 Å². The predicted molar refractivity (Wildman–Crippen MR) is 120 cm³/mol. The lowest BCUT2D eigenvalue weighted by atomic mass is 10.0. The second-order valence-corrected chi connectivity index (χ2v) is 7.48. The first-order valence-corrected chi connectivity index (χ1v) is 10.2. The third-order valence-corrected chi connectivity index (χ3v) is 5.47. The summed E-state index contributed by atoms with van der Waals surface area (Å²) in [7, 11) is 1.59. The highest BCUT2D eigenvalue weighted by Crippen LogP contribution is 2.30. The molecule has 31 heavy (non-hydrogen) atoms. The molecule has 0 saturated carbocycles. The third kappa shape index (κ3) is 3.14. The van der Waals surface area contributed by atoms with Gasteiger partial charge in [0.1, 0.15) is 11.3 Å². The van der Waals surface area contributed by atoms with Gasteiger partial charge in [-0.15, -0.1) is 10.2 Å². The molecule has 2 aromatic carbocycles. The lowest BCUT2D eigenvalue weighted by molar-refractivity contribution is 0.414. The molecule has 0 fully saturated rings. The average Bonchev–Trinajstić information content (AvgIpc) is 3.18. The molecule has 0 saturated heterocycles. The summed E-state index contributed by atoms with van der Waals surface area (Å²) in [5, 5.41) is 14.0. The minimum Gasteiger partial charge on any atom is -0.497 e. The average molecular weight is 432 g/mol. The second kappa shape index (κ2) is 7.52.